The number of imidazole rings is 1. The molecule has 2 aromatic carbocycles. The van der Waals surface area contributed by atoms with Gasteiger partial charge in [0, 0.05) is 41.2 Å². The number of ketones is 1. The van der Waals surface area contributed by atoms with Crippen LogP contribution in [0.3, 0.4) is 0 Å². The molecular formula is C28H22N6O3S. The topological polar surface area (TPSA) is 131 Å². The summed E-state index contributed by atoms with van der Waals surface area (Å²) in [5.41, 5.74) is 11.5. The summed E-state index contributed by atoms with van der Waals surface area (Å²) in [5.74, 6) is -0.402. The number of carbonyl (C=O) groups is 1. The fourth-order valence-corrected chi connectivity index (χ4v) is 6.39. The number of nitrogens with zero attached hydrogens (tertiary/aromatic N) is 5. The van der Waals surface area contributed by atoms with E-state index in [2.05, 4.69) is 15.6 Å². The molecule has 0 bridgehead atoms. The van der Waals surface area contributed by atoms with Crippen LogP contribution in [0.25, 0.3) is 11.0 Å². The van der Waals surface area contributed by atoms with Gasteiger partial charge in [-0.1, -0.05) is 18.2 Å². The van der Waals surface area contributed by atoms with E-state index < -0.39 is 10.8 Å². The Bertz CT molecular complexity index is 1720. The van der Waals surface area contributed by atoms with Crippen LogP contribution < -0.4 is 10.6 Å². The minimum Gasteiger partial charge on any atom is -0.384 e. The van der Waals surface area contributed by atoms with Gasteiger partial charge in [-0.15, -0.1) is 11.3 Å². The predicted molar refractivity (Wildman–Crippen MR) is 144 cm³/mol. The smallest absolute Gasteiger partial charge is 0.271 e. The molecule has 9 nitrogen and oxygen atoms in total. The Morgan fingerprint density at radius 2 is 2.03 bits per heavy atom. The third-order valence-corrected chi connectivity index (χ3v) is 8.10. The van der Waals surface area contributed by atoms with Crippen LogP contribution in [0.1, 0.15) is 35.6 Å². The Balaban J connectivity index is 1.43. The lowest BCUT2D eigenvalue weighted by Crippen LogP contribution is -2.38. The Hall–Kier alpha value is -4.75. The van der Waals surface area contributed by atoms with Gasteiger partial charge in [0.05, 0.1) is 45.5 Å². The number of benzene rings is 2. The molecule has 4 aromatic rings. The molecule has 0 saturated heterocycles. The fourth-order valence-electron chi connectivity index (χ4n) is 5.37. The minimum atomic E-state index is -0.573. The average molecular weight is 523 g/mol. The Morgan fingerprint density at radius 3 is 2.84 bits per heavy atom. The van der Waals surface area contributed by atoms with E-state index in [1.807, 2.05) is 42.0 Å². The summed E-state index contributed by atoms with van der Waals surface area (Å²) in [5, 5.41) is 23.7. The van der Waals surface area contributed by atoms with Crippen molar-refractivity contribution in [3.8, 4) is 6.07 Å². The summed E-state index contributed by atoms with van der Waals surface area (Å²) in [6, 6.07) is 18.3. The minimum absolute atomic E-state index is 0.0255. The summed E-state index contributed by atoms with van der Waals surface area (Å²) >= 11 is 1.50. The van der Waals surface area contributed by atoms with Crippen molar-refractivity contribution in [2.45, 2.75) is 31.7 Å². The SMILES string of the molecule is N#CC1=C(N)N(c2cccc([N+](=O)[O-])c2)C2=C(C(=O)CCC2)[C@@H]1c1cc(Cn2cnc3ccccc32)cs1. The second kappa shape index (κ2) is 9.28. The van der Waals surface area contributed by atoms with Crippen LogP contribution in [0.15, 0.2) is 89.0 Å². The molecule has 0 unspecified atom stereocenters. The molecule has 188 valence electrons. The van der Waals surface area contributed by atoms with E-state index in [0.29, 0.717) is 42.8 Å². The van der Waals surface area contributed by atoms with Crippen LogP contribution in [0.5, 0.6) is 0 Å². The van der Waals surface area contributed by atoms with Gasteiger partial charge in [-0.2, -0.15) is 5.26 Å². The number of allylic oxidation sites excluding steroid dienone is 3. The maximum absolute atomic E-state index is 13.4. The molecule has 10 heteroatoms. The molecule has 0 radical (unpaired) electrons. The number of rotatable bonds is 5. The average Bonchev–Trinajstić information content (AvgIpc) is 3.56. The maximum atomic E-state index is 13.4. The first-order valence-corrected chi connectivity index (χ1v) is 13.0. The third kappa shape index (κ3) is 3.84. The maximum Gasteiger partial charge on any atom is 0.271 e. The van der Waals surface area contributed by atoms with E-state index in [0.717, 1.165) is 21.5 Å². The number of nitro benzene ring substituents is 1. The second-order valence-corrected chi connectivity index (χ2v) is 10.3. The second-order valence-electron chi connectivity index (χ2n) is 9.31. The summed E-state index contributed by atoms with van der Waals surface area (Å²) in [6.45, 7) is 0.602. The summed E-state index contributed by atoms with van der Waals surface area (Å²) in [7, 11) is 0. The van der Waals surface area contributed by atoms with Gasteiger partial charge in [-0.25, -0.2) is 4.98 Å². The normalized spacial score (nSPS) is 17.6. The molecule has 2 N–H and O–H groups in total. The molecule has 1 atom stereocenters. The molecule has 1 aliphatic carbocycles. The van der Waals surface area contributed by atoms with Crippen LogP contribution >= 0.6 is 11.3 Å². The van der Waals surface area contributed by atoms with Gasteiger partial charge < -0.3 is 10.3 Å². The van der Waals surface area contributed by atoms with Crippen molar-refractivity contribution >= 4 is 39.5 Å². The number of non-ortho nitro benzene ring substituents is 1. The van der Waals surface area contributed by atoms with Gasteiger partial charge >= 0.3 is 0 Å². The first-order valence-electron chi connectivity index (χ1n) is 12.1. The first kappa shape index (κ1) is 23.6. The molecule has 6 rings (SSSR count). The number of para-hydroxylation sites is 2. The molecule has 0 spiro atoms. The van der Waals surface area contributed by atoms with Crippen molar-refractivity contribution in [2.24, 2.45) is 5.73 Å². The molecular weight excluding hydrogens is 500 g/mol. The third-order valence-electron chi connectivity index (χ3n) is 7.05. The Labute approximate surface area is 221 Å². The molecule has 1 aliphatic heterocycles. The molecule has 2 aromatic heterocycles. The van der Waals surface area contributed by atoms with E-state index in [4.69, 9.17) is 5.73 Å². The Kier molecular flexibility index (Phi) is 5.77. The van der Waals surface area contributed by atoms with Gasteiger partial charge in [-0.05, 0) is 48.1 Å². The monoisotopic (exact) mass is 522 g/mol. The van der Waals surface area contributed by atoms with Gasteiger partial charge in [-0.3, -0.25) is 19.8 Å². The zero-order valence-electron chi connectivity index (χ0n) is 20.2. The number of carbonyl (C=O) groups excluding carboxylic acids is 1. The lowest BCUT2D eigenvalue weighted by molar-refractivity contribution is -0.384. The number of nitrogens with two attached hydrogens (primary N) is 1. The molecule has 0 saturated carbocycles. The number of Topliss-reactive ketones (excluding diaryl/α,β-unsaturated/α-hetero) is 1. The van der Waals surface area contributed by atoms with Crippen LogP contribution in [0.4, 0.5) is 11.4 Å². The lowest BCUT2D eigenvalue weighted by Gasteiger charge is -2.39. The molecule has 2 aliphatic rings. The first-order chi connectivity index (χ1) is 18.5. The summed E-state index contributed by atoms with van der Waals surface area (Å²) < 4.78 is 2.07. The molecule has 0 fully saturated rings. The quantitative estimate of drug-likeness (QED) is 0.276. The number of nitro groups is 1. The lowest BCUT2D eigenvalue weighted by atomic mass is 9.78. The van der Waals surface area contributed by atoms with Gasteiger partial charge in [0.15, 0.2) is 5.78 Å². The number of nitriles is 1. The van der Waals surface area contributed by atoms with E-state index in [1.54, 1.807) is 17.0 Å². The summed E-state index contributed by atoms with van der Waals surface area (Å²) in [4.78, 5) is 31.3. The van der Waals surface area contributed by atoms with Crippen LogP contribution in [-0.4, -0.2) is 20.3 Å². The Morgan fingerprint density at radius 1 is 1.18 bits per heavy atom. The highest BCUT2D eigenvalue weighted by Gasteiger charge is 2.41. The number of hydrogen-bond donors (Lipinski definition) is 1. The number of fused-ring (bicyclic) bond motifs is 1. The van der Waals surface area contributed by atoms with Gasteiger partial charge in [0.25, 0.3) is 5.69 Å². The predicted octanol–water partition coefficient (Wildman–Crippen LogP) is 5.36. The van der Waals surface area contributed by atoms with Gasteiger partial charge in [0.2, 0.25) is 0 Å². The summed E-state index contributed by atoms with van der Waals surface area (Å²) in [6.07, 6.45) is 3.42. The van der Waals surface area contributed by atoms with Crippen LogP contribution in [0, 0.1) is 21.4 Å². The highest BCUT2D eigenvalue weighted by Crippen LogP contribution is 2.47. The zero-order valence-corrected chi connectivity index (χ0v) is 21.0. The number of hydrogen-bond acceptors (Lipinski definition) is 8. The van der Waals surface area contributed by atoms with Gasteiger partial charge in [0.1, 0.15) is 5.82 Å². The fraction of sp³-hybridized carbons (Fsp3) is 0.179. The molecule has 3 heterocycles. The van der Waals surface area contributed by atoms with Crippen molar-refractivity contribution in [3.05, 3.63) is 110 Å². The van der Waals surface area contributed by atoms with E-state index in [1.165, 1.54) is 23.5 Å². The number of thiophene rings is 1. The number of anilines is 1. The van der Waals surface area contributed by atoms with E-state index in [9.17, 15) is 20.2 Å². The zero-order chi connectivity index (χ0) is 26.4. The van der Waals surface area contributed by atoms with E-state index in [-0.39, 0.29) is 22.9 Å². The highest BCUT2D eigenvalue weighted by atomic mass is 32.1. The largest absolute Gasteiger partial charge is 0.384 e. The molecule has 38 heavy (non-hydrogen) atoms. The van der Waals surface area contributed by atoms with Crippen LogP contribution in [0.2, 0.25) is 0 Å². The van der Waals surface area contributed by atoms with Crippen molar-refractivity contribution in [2.75, 3.05) is 4.90 Å². The van der Waals surface area contributed by atoms with Crippen LogP contribution in [-0.2, 0) is 11.3 Å². The molecule has 0 amide bonds. The number of aromatic nitrogens is 2. The van der Waals surface area contributed by atoms with Crippen molar-refractivity contribution < 1.29 is 9.72 Å². The van der Waals surface area contributed by atoms with E-state index >= 15 is 0 Å². The van der Waals surface area contributed by atoms with Crippen molar-refractivity contribution in [3.63, 3.8) is 0 Å². The highest BCUT2D eigenvalue weighted by molar-refractivity contribution is 7.10. The van der Waals surface area contributed by atoms with Crippen molar-refractivity contribution in [1.29, 1.82) is 5.26 Å². The van der Waals surface area contributed by atoms with Crippen molar-refractivity contribution in [1.82, 2.24) is 9.55 Å². The standard InChI is InChI=1S/C28H22N6O3S/c29-13-20-26(25-11-17(15-38-25)14-32-16-31-21-7-1-2-8-22(21)32)27-23(9-4-10-24(27)35)33(28(20)30)18-5-3-6-19(12-18)34(36)37/h1-3,5-8,11-12,15-16,26H,4,9-10,14,30H2/t26-/m0/s1.